The number of carbonyl (C=O) groups excluding carboxylic acids is 2. The standard InChI is InChI=1S/C20H28N4O3/c1-19(2,3)16-12-15(24(7)23-16)17(25)21-13-9-8-10-14(11-13)22-18(26)27-20(4,5)6/h8-12H,1-7H3,(H,21,25)(H,22,26). The van der Waals surface area contributed by atoms with E-state index >= 15 is 0 Å². The van der Waals surface area contributed by atoms with Crippen molar-refractivity contribution in [2.24, 2.45) is 7.05 Å². The highest BCUT2D eigenvalue weighted by Crippen LogP contribution is 2.22. The molecule has 7 nitrogen and oxygen atoms in total. The molecule has 1 aromatic heterocycles. The topological polar surface area (TPSA) is 85.3 Å². The van der Waals surface area contributed by atoms with Gasteiger partial charge in [0.25, 0.3) is 5.91 Å². The molecule has 0 aliphatic carbocycles. The Balaban J connectivity index is 2.11. The van der Waals surface area contributed by atoms with Crippen LogP contribution in [0.3, 0.4) is 0 Å². The molecule has 27 heavy (non-hydrogen) atoms. The van der Waals surface area contributed by atoms with Gasteiger partial charge in [0.1, 0.15) is 11.3 Å². The van der Waals surface area contributed by atoms with Crippen LogP contribution < -0.4 is 10.6 Å². The van der Waals surface area contributed by atoms with Crippen LogP contribution in [-0.2, 0) is 17.2 Å². The van der Waals surface area contributed by atoms with Gasteiger partial charge in [-0.15, -0.1) is 0 Å². The maximum absolute atomic E-state index is 12.6. The third-order valence-corrected chi connectivity index (χ3v) is 3.65. The van der Waals surface area contributed by atoms with Crippen LogP contribution in [0, 0.1) is 0 Å². The molecule has 0 atom stereocenters. The molecule has 2 rings (SSSR count). The van der Waals surface area contributed by atoms with E-state index in [4.69, 9.17) is 4.74 Å². The van der Waals surface area contributed by atoms with Crippen molar-refractivity contribution in [2.75, 3.05) is 10.6 Å². The molecule has 0 saturated carbocycles. The highest BCUT2D eigenvalue weighted by atomic mass is 16.6. The van der Waals surface area contributed by atoms with E-state index in [1.807, 2.05) is 20.8 Å². The molecule has 0 saturated heterocycles. The molecule has 0 unspecified atom stereocenters. The first-order chi connectivity index (χ1) is 12.3. The molecule has 0 bridgehead atoms. The fourth-order valence-electron chi connectivity index (χ4n) is 2.34. The minimum atomic E-state index is -0.583. The second-order valence-corrected chi connectivity index (χ2v) is 8.45. The van der Waals surface area contributed by atoms with Crippen molar-refractivity contribution in [3.8, 4) is 0 Å². The summed E-state index contributed by atoms with van der Waals surface area (Å²) in [5.41, 5.74) is 1.67. The van der Waals surface area contributed by atoms with Gasteiger partial charge in [-0.05, 0) is 45.0 Å². The molecule has 2 amide bonds. The van der Waals surface area contributed by atoms with E-state index in [0.717, 1.165) is 5.69 Å². The summed E-state index contributed by atoms with van der Waals surface area (Å²) in [4.78, 5) is 24.5. The van der Waals surface area contributed by atoms with Crippen molar-refractivity contribution in [1.29, 1.82) is 0 Å². The number of hydrogen-bond donors (Lipinski definition) is 2. The average molecular weight is 372 g/mol. The molecule has 2 aromatic rings. The van der Waals surface area contributed by atoms with Gasteiger partial charge in [-0.3, -0.25) is 14.8 Å². The Morgan fingerprint density at radius 1 is 1.00 bits per heavy atom. The first-order valence-corrected chi connectivity index (χ1v) is 8.81. The largest absolute Gasteiger partial charge is 0.444 e. The second kappa shape index (κ2) is 7.42. The highest BCUT2D eigenvalue weighted by molar-refractivity contribution is 6.03. The molecule has 0 aliphatic rings. The minimum Gasteiger partial charge on any atom is -0.444 e. The predicted molar refractivity (Wildman–Crippen MR) is 106 cm³/mol. The Morgan fingerprint density at radius 3 is 2.11 bits per heavy atom. The lowest BCUT2D eigenvalue weighted by Gasteiger charge is -2.19. The Morgan fingerprint density at radius 2 is 1.59 bits per heavy atom. The maximum atomic E-state index is 12.6. The molecule has 146 valence electrons. The fourth-order valence-corrected chi connectivity index (χ4v) is 2.34. The highest BCUT2D eigenvalue weighted by Gasteiger charge is 2.22. The summed E-state index contributed by atoms with van der Waals surface area (Å²) in [5, 5.41) is 9.91. The lowest BCUT2D eigenvalue weighted by Crippen LogP contribution is -2.27. The number of nitrogens with one attached hydrogen (secondary N) is 2. The van der Waals surface area contributed by atoms with Crippen molar-refractivity contribution in [1.82, 2.24) is 9.78 Å². The molecular weight excluding hydrogens is 344 g/mol. The van der Waals surface area contributed by atoms with Crippen LogP contribution in [0.4, 0.5) is 16.2 Å². The molecule has 1 heterocycles. The molecule has 2 N–H and O–H groups in total. The van der Waals surface area contributed by atoms with Gasteiger partial charge in [0.15, 0.2) is 0 Å². The number of nitrogens with zero attached hydrogens (tertiary/aromatic N) is 2. The van der Waals surface area contributed by atoms with Crippen LogP contribution in [0.1, 0.15) is 57.7 Å². The predicted octanol–water partition coefficient (Wildman–Crippen LogP) is 4.32. The SMILES string of the molecule is Cn1nc(C(C)(C)C)cc1C(=O)Nc1cccc(NC(=O)OC(C)(C)C)c1. The van der Waals surface area contributed by atoms with Crippen molar-refractivity contribution in [3.63, 3.8) is 0 Å². The van der Waals surface area contributed by atoms with Gasteiger partial charge in [-0.2, -0.15) is 5.10 Å². The van der Waals surface area contributed by atoms with Crippen LogP contribution in [-0.4, -0.2) is 27.4 Å². The zero-order valence-electron chi connectivity index (χ0n) is 17.0. The number of hydrogen-bond acceptors (Lipinski definition) is 4. The zero-order chi connectivity index (χ0) is 20.4. The number of benzene rings is 1. The van der Waals surface area contributed by atoms with Crippen LogP contribution in [0.2, 0.25) is 0 Å². The van der Waals surface area contributed by atoms with Gasteiger partial charge in [0.2, 0.25) is 0 Å². The van der Waals surface area contributed by atoms with Crippen molar-refractivity contribution < 1.29 is 14.3 Å². The summed E-state index contributed by atoms with van der Waals surface area (Å²) in [6.07, 6.45) is -0.549. The third kappa shape index (κ3) is 5.84. The quantitative estimate of drug-likeness (QED) is 0.840. The third-order valence-electron chi connectivity index (χ3n) is 3.65. The van der Waals surface area contributed by atoms with Gasteiger partial charge in [-0.25, -0.2) is 4.79 Å². The van der Waals surface area contributed by atoms with E-state index in [9.17, 15) is 9.59 Å². The van der Waals surface area contributed by atoms with E-state index in [1.54, 1.807) is 62.8 Å². The zero-order valence-corrected chi connectivity index (χ0v) is 17.0. The lowest BCUT2D eigenvalue weighted by atomic mass is 9.92. The number of amides is 2. The lowest BCUT2D eigenvalue weighted by molar-refractivity contribution is 0.0636. The normalized spacial score (nSPS) is 11.8. The molecule has 0 radical (unpaired) electrons. The number of carbonyl (C=O) groups is 2. The smallest absolute Gasteiger partial charge is 0.412 e. The van der Waals surface area contributed by atoms with Gasteiger partial charge in [0, 0.05) is 23.8 Å². The number of rotatable bonds is 3. The van der Waals surface area contributed by atoms with Crippen molar-refractivity contribution >= 4 is 23.4 Å². The summed E-state index contributed by atoms with van der Waals surface area (Å²) in [5.74, 6) is -0.269. The molecule has 7 heteroatoms. The van der Waals surface area contributed by atoms with E-state index in [2.05, 4.69) is 15.7 Å². The van der Waals surface area contributed by atoms with E-state index in [0.29, 0.717) is 17.1 Å². The van der Waals surface area contributed by atoms with Crippen LogP contribution in [0.15, 0.2) is 30.3 Å². The van der Waals surface area contributed by atoms with E-state index in [1.165, 1.54) is 0 Å². The average Bonchev–Trinajstić information content (AvgIpc) is 2.87. The van der Waals surface area contributed by atoms with E-state index < -0.39 is 11.7 Å². The Kier molecular flexibility index (Phi) is 5.63. The first-order valence-electron chi connectivity index (χ1n) is 8.81. The maximum Gasteiger partial charge on any atom is 0.412 e. The minimum absolute atomic E-state index is 0.145. The van der Waals surface area contributed by atoms with Crippen molar-refractivity contribution in [2.45, 2.75) is 52.6 Å². The molecule has 0 spiro atoms. The molecular formula is C20H28N4O3. The summed E-state index contributed by atoms with van der Waals surface area (Å²) in [6.45, 7) is 11.5. The number of anilines is 2. The van der Waals surface area contributed by atoms with Gasteiger partial charge >= 0.3 is 6.09 Å². The van der Waals surface area contributed by atoms with Gasteiger partial charge < -0.3 is 10.1 Å². The molecule has 0 aliphatic heterocycles. The van der Waals surface area contributed by atoms with Gasteiger partial charge in [-0.1, -0.05) is 26.8 Å². The number of aromatic nitrogens is 2. The monoisotopic (exact) mass is 372 g/mol. The first kappa shape index (κ1) is 20.5. The summed E-state index contributed by atoms with van der Waals surface area (Å²) in [7, 11) is 1.74. The van der Waals surface area contributed by atoms with Crippen molar-refractivity contribution in [3.05, 3.63) is 41.7 Å². The summed E-state index contributed by atoms with van der Waals surface area (Å²) >= 11 is 0. The molecule has 1 aromatic carbocycles. The van der Waals surface area contributed by atoms with Crippen LogP contribution in [0.5, 0.6) is 0 Å². The number of ether oxygens (including phenoxy) is 1. The molecule has 0 fully saturated rings. The Labute approximate surface area is 160 Å². The Hall–Kier alpha value is -2.83. The Bertz CT molecular complexity index is 842. The summed E-state index contributed by atoms with van der Waals surface area (Å²) < 4.78 is 6.80. The summed E-state index contributed by atoms with van der Waals surface area (Å²) in [6, 6.07) is 8.67. The van der Waals surface area contributed by atoms with Crippen LogP contribution in [0.25, 0.3) is 0 Å². The van der Waals surface area contributed by atoms with E-state index in [-0.39, 0.29) is 11.3 Å². The number of aryl methyl sites for hydroxylation is 1. The van der Waals surface area contributed by atoms with Crippen LogP contribution >= 0.6 is 0 Å². The fraction of sp³-hybridized carbons (Fsp3) is 0.450. The second-order valence-electron chi connectivity index (χ2n) is 8.45. The van der Waals surface area contributed by atoms with Gasteiger partial charge in [0.05, 0.1) is 5.69 Å².